The topological polar surface area (TPSA) is 98.2 Å². The highest BCUT2D eigenvalue weighted by atomic mass is 32.1. The third-order valence-electron chi connectivity index (χ3n) is 3.56. The van der Waals surface area contributed by atoms with Gasteiger partial charge in [-0.25, -0.2) is 5.43 Å². The van der Waals surface area contributed by atoms with E-state index in [2.05, 4.69) is 15.8 Å². The van der Waals surface area contributed by atoms with Crippen LogP contribution in [-0.4, -0.2) is 45.4 Å². The maximum absolute atomic E-state index is 12.3. The summed E-state index contributed by atoms with van der Waals surface area (Å²) in [6.07, 6.45) is 0. The highest BCUT2D eigenvalue weighted by Gasteiger charge is 2.17. The Bertz CT molecular complexity index is 809. The summed E-state index contributed by atoms with van der Waals surface area (Å²) in [6, 6.07) is 6.82. The average Bonchev–Trinajstić information content (AvgIpc) is 3.23. The number of methoxy groups -OCH3 is 3. The van der Waals surface area contributed by atoms with Gasteiger partial charge in [0.05, 0.1) is 33.6 Å². The first-order valence-electron chi connectivity index (χ1n) is 7.95. The van der Waals surface area contributed by atoms with Crippen LogP contribution in [0, 0.1) is 0 Å². The fourth-order valence-corrected chi connectivity index (χ4v) is 2.88. The maximum atomic E-state index is 12.3. The molecule has 0 aliphatic heterocycles. The van der Waals surface area contributed by atoms with Crippen molar-refractivity contribution in [2.75, 3.05) is 27.9 Å². The van der Waals surface area contributed by atoms with Crippen molar-refractivity contribution < 1.29 is 23.8 Å². The van der Waals surface area contributed by atoms with Crippen molar-refractivity contribution in [3.05, 3.63) is 40.1 Å². The van der Waals surface area contributed by atoms with Crippen LogP contribution in [0.3, 0.4) is 0 Å². The van der Waals surface area contributed by atoms with E-state index in [1.807, 2.05) is 17.5 Å². The highest BCUT2D eigenvalue weighted by Crippen LogP contribution is 2.38. The first-order valence-corrected chi connectivity index (χ1v) is 8.83. The summed E-state index contributed by atoms with van der Waals surface area (Å²) in [4.78, 5) is 25.2. The molecule has 0 fully saturated rings. The van der Waals surface area contributed by atoms with Crippen molar-refractivity contribution in [2.45, 2.75) is 6.92 Å². The minimum Gasteiger partial charge on any atom is -0.493 e. The molecule has 0 saturated carbocycles. The van der Waals surface area contributed by atoms with Crippen LogP contribution in [0.4, 0.5) is 0 Å². The Labute approximate surface area is 161 Å². The van der Waals surface area contributed by atoms with Crippen molar-refractivity contribution in [1.82, 2.24) is 10.7 Å². The summed E-state index contributed by atoms with van der Waals surface area (Å²) >= 11 is 1.52. The molecule has 0 aliphatic rings. The molecule has 0 atom stereocenters. The Morgan fingerprint density at radius 2 is 1.78 bits per heavy atom. The van der Waals surface area contributed by atoms with E-state index in [0.29, 0.717) is 23.0 Å². The van der Waals surface area contributed by atoms with E-state index in [-0.39, 0.29) is 12.1 Å². The lowest BCUT2D eigenvalue weighted by Crippen LogP contribution is -2.35. The van der Waals surface area contributed by atoms with E-state index in [9.17, 15) is 9.59 Å². The Kier molecular flexibility index (Phi) is 7.18. The molecule has 1 aromatic carbocycles. The second-order valence-electron chi connectivity index (χ2n) is 5.31. The number of rotatable bonds is 8. The summed E-state index contributed by atoms with van der Waals surface area (Å²) in [7, 11) is 4.39. The SMILES string of the molecule is COc1cc(C(=O)NCC(=O)NN=C(C)c2cccs2)cc(OC)c1OC. The second kappa shape index (κ2) is 9.58. The lowest BCUT2D eigenvalue weighted by Gasteiger charge is -2.14. The van der Waals surface area contributed by atoms with Gasteiger partial charge in [0.15, 0.2) is 11.5 Å². The van der Waals surface area contributed by atoms with Crippen molar-refractivity contribution >= 4 is 28.9 Å². The number of hydrogen-bond donors (Lipinski definition) is 2. The van der Waals surface area contributed by atoms with Gasteiger partial charge in [0, 0.05) is 10.4 Å². The fourth-order valence-electron chi connectivity index (χ4n) is 2.20. The van der Waals surface area contributed by atoms with Crippen molar-refractivity contribution in [2.24, 2.45) is 5.10 Å². The van der Waals surface area contributed by atoms with Crippen LogP contribution < -0.4 is 25.0 Å². The molecule has 0 aliphatic carbocycles. The summed E-state index contributed by atoms with van der Waals surface area (Å²) in [5.74, 6) is 0.188. The molecule has 1 heterocycles. The van der Waals surface area contributed by atoms with Gasteiger partial charge in [-0.2, -0.15) is 5.10 Å². The zero-order valence-electron chi connectivity index (χ0n) is 15.5. The normalized spacial score (nSPS) is 10.9. The number of nitrogens with zero attached hydrogens (tertiary/aromatic N) is 1. The minimum absolute atomic E-state index is 0.225. The molecule has 0 saturated heterocycles. The Morgan fingerprint density at radius 3 is 2.30 bits per heavy atom. The molecular weight excluding hydrogens is 370 g/mol. The molecule has 1 aromatic heterocycles. The highest BCUT2D eigenvalue weighted by molar-refractivity contribution is 7.12. The Balaban J connectivity index is 1.99. The van der Waals surface area contributed by atoms with E-state index < -0.39 is 11.8 Å². The van der Waals surface area contributed by atoms with Crippen LogP contribution in [0.2, 0.25) is 0 Å². The van der Waals surface area contributed by atoms with Crippen molar-refractivity contribution in [3.63, 3.8) is 0 Å². The van der Waals surface area contributed by atoms with Gasteiger partial charge in [-0.15, -0.1) is 11.3 Å². The molecule has 0 radical (unpaired) electrons. The van der Waals surface area contributed by atoms with E-state index in [1.165, 1.54) is 44.8 Å². The summed E-state index contributed by atoms with van der Waals surface area (Å²) in [6.45, 7) is 1.57. The van der Waals surface area contributed by atoms with Crippen molar-refractivity contribution in [1.29, 1.82) is 0 Å². The third kappa shape index (κ3) is 5.20. The predicted molar refractivity (Wildman–Crippen MR) is 103 cm³/mol. The fraction of sp³-hybridized carbons (Fsp3) is 0.278. The number of carbonyl (C=O) groups excluding carboxylic acids is 2. The average molecular weight is 391 g/mol. The molecule has 2 amide bonds. The maximum Gasteiger partial charge on any atom is 0.259 e. The zero-order valence-corrected chi connectivity index (χ0v) is 16.3. The largest absolute Gasteiger partial charge is 0.493 e. The molecule has 27 heavy (non-hydrogen) atoms. The summed E-state index contributed by atoms with van der Waals surface area (Å²) in [5, 5.41) is 8.47. The number of hydrogen-bond acceptors (Lipinski definition) is 7. The van der Waals surface area contributed by atoms with Gasteiger partial charge >= 0.3 is 0 Å². The van der Waals surface area contributed by atoms with Gasteiger partial charge < -0.3 is 19.5 Å². The molecule has 2 aromatic rings. The van der Waals surface area contributed by atoms with Crippen LogP contribution >= 0.6 is 11.3 Å². The first-order chi connectivity index (χ1) is 13.0. The number of carbonyl (C=O) groups is 2. The number of thiophene rings is 1. The van der Waals surface area contributed by atoms with Crippen LogP contribution in [0.1, 0.15) is 22.2 Å². The van der Waals surface area contributed by atoms with Gasteiger partial charge in [0.1, 0.15) is 0 Å². The molecule has 0 spiro atoms. The second-order valence-corrected chi connectivity index (χ2v) is 6.25. The lowest BCUT2D eigenvalue weighted by atomic mass is 10.1. The van der Waals surface area contributed by atoms with Crippen molar-refractivity contribution in [3.8, 4) is 17.2 Å². The number of hydrazone groups is 1. The molecule has 144 valence electrons. The number of benzene rings is 1. The van der Waals surface area contributed by atoms with Gasteiger partial charge in [0.2, 0.25) is 5.75 Å². The van der Waals surface area contributed by atoms with E-state index in [4.69, 9.17) is 14.2 Å². The molecular formula is C18H21N3O5S. The predicted octanol–water partition coefficient (Wildman–Crippen LogP) is 2.04. The lowest BCUT2D eigenvalue weighted by molar-refractivity contribution is -0.120. The van der Waals surface area contributed by atoms with E-state index in [0.717, 1.165) is 4.88 Å². The number of ether oxygens (including phenoxy) is 3. The smallest absolute Gasteiger partial charge is 0.259 e. The Hall–Kier alpha value is -3.07. The van der Waals surface area contributed by atoms with Crippen LogP contribution in [0.5, 0.6) is 17.2 Å². The standard InChI is InChI=1S/C18H21N3O5S/c1-11(15-6-5-7-27-15)20-21-16(22)10-19-18(23)12-8-13(24-2)17(26-4)14(9-12)25-3/h5-9H,10H2,1-4H3,(H,19,23)(H,21,22). The minimum atomic E-state index is -0.455. The summed E-state index contributed by atoms with van der Waals surface area (Å²) < 4.78 is 15.6. The molecule has 9 heteroatoms. The summed E-state index contributed by atoms with van der Waals surface area (Å²) in [5.41, 5.74) is 3.38. The number of nitrogens with one attached hydrogen (secondary N) is 2. The third-order valence-corrected chi connectivity index (χ3v) is 4.54. The van der Waals surface area contributed by atoms with Gasteiger partial charge in [-0.05, 0) is 30.5 Å². The van der Waals surface area contributed by atoms with Crippen LogP contribution in [-0.2, 0) is 4.79 Å². The molecule has 0 bridgehead atoms. The quantitative estimate of drug-likeness (QED) is 0.530. The van der Waals surface area contributed by atoms with Gasteiger partial charge in [0.25, 0.3) is 11.8 Å². The van der Waals surface area contributed by atoms with E-state index in [1.54, 1.807) is 6.92 Å². The molecule has 2 rings (SSSR count). The van der Waals surface area contributed by atoms with Crippen LogP contribution in [0.15, 0.2) is 34.7 Å². The van der Waals surface area contributed by atoms with Gasteiger partial charge in [-0.3, -0.25) is 9.59 Å². The Morgan fingerprint density at radius 1 is 1.11 bits per heavy atom. The molecule has 8 nitrogen and oxygen atoms in total. The molecule has 0 unspecified atom stereocenters. The first kappa shape index (κ1) is 20.2. The zero-order chi connectivity index (χ0) is 19.8. The molecule has 2 N–H and O–H groups in total. The van der Waals surface area contributed by atoms with E-state index >= 15 is 0 Å². The monoisotopic (exact) mass is 391 g/mol. The van der Waals surface area contributed by atoms with Gasteiger partial charge in [-0.1, -0.05) is 6.07 Å². The number of amides is 2. The van der Waals surface area contributed by atoms with Crippen LogP contribution in [0.25, 0.3) is 0 Å².